The van der Waals surface area contributed by atoms with Crippen LogP contribution in [0.25, 0.3) is 0 Å². The monoisotopic (exact) mass is 357 g/mol. The minimum Gasteiger partial charge on any atom is -0.330 e. The van der Waals surface area contributed by atoms with Gasteiger partial charge in [-0.15, -0.1) is 12.3 Å². The number of allylic oxidation sites excluding steroid dienone is 2. The van der Waals surface area contributed by atoms with E-state index in [9.17, 15) is 0 Å². The van der Waals surface area contributed by atoms with Crippen molar-refractivity contribution in [1.29, 1.82) is 0 Å². The number of nitrogens with two attached hydrogens (primary N) is 1. The Labute approximate surface area is 164 Å². The van der Waals surface area contributed by atoms with Gasteiger partial charge in [-0.05, 0) is 51.0 Å². The van der Waals surface area contributed by atoms with Gasteiger partial charge in [-0.2, -0.15) is 0 Å². The van der Waals surface area contributed by atoms with Crippen LogP contribution in [-0.2, 0) is 0 Å². The second-order valence-electron chi connectivity index (χ2n) is 7.10. The molecule has 0 aliphatic heterocycles. The molecule has 2 N–H and O–H groups in total. The Morgan fingerprint density at radius 2 is 1.50 bits per heavy atom. The first kappa shape index (κ1) is 26.7. The van der Waals surface area contributed by atoms with Crippen molar-refractivity contribution in [3.05, 3.63) is 46.5 Å². The summed E-state index contributed by atoms with van der Waals surface area (Å²) in [4.78, 5) is 0. The molecule has 0 saturated carbocycles. The van der Waals surface area contributed by atoms with E-state index in [1.165, 1.54) is 36.8 Å². The lowest BCUT2D eigenvalue weighted by Gasteiger charge is -2.33. The molecule has 0 spiro atoms. The van der Waals surface area contributed by atoms with Gasteiger partial charge >= 0.3 is 0 Å². The predicted molar refractivity (Wildman–Crippen MR) is 121 cm³/mol. The zero-order valence-electron chi connectivity index (χ0n) is 17.4. The van der Waals surface area contributed by atoms with Crippen LogP contribution in [0.15, 0.2) is 35.4 Å². The third kappa shape index (κ3) is 9.83. The lowest BCUT2D eigenvalue weighted by Crippen LogP contribution is -2.18. The number of benzene rings is 1. The summed E-state index contributed by atoms with van der Waals surface area (Å²) >= 11 is 0. The number of hydrogen-bond donors (Lipinski definition) is 1. The third-order valence-corrected chi connectivity index (χ3v) is 4.71. The van der Waals surface area contributed by atoms with Crippen LogP contribution in [0.5, 0.6) is 0 Å². The zero-order chi connectivity index (χ0) is 19.2. The SMILES string of the molecule is C.C#CCCN.CCC.CC[C@H]1CC(C)=C(C)C[C@@H]1c1ccc(C)cc1. The molecule has 0 radical (unpaired) electrons. The number of aryl methyl sites for hydroxylation is 1. The highest BCUT2D eigenvalue weighted by Gasteiger charge is 2.26. The van der Waals surface area contributed by atoms with Crippen LogP contribution >= 0.6 is 0 Å². The van der Waals surface area contributed by atoms with Crippen LogP contribution in [0, 0.1) is 25.2 Å². The van der Waals surface area contributed by atoms with Crippen molar-refractivity contribution in [2.75, 3.05) is 6.54 Å². The second kappa shape index (κ2) is 15.7. The molecule has 1 aromatic carbocycles. The van der Waals surface area contributed by atoms with Gasteiger partial charge in [-0.25, -0.2) is 0 Å². The maximum Gasteiger partial charge on any atom is 0.0209 e. The fourth-order valence-corrected chi connectivity index (χ4v) is 3.10. The Kier molecular flexibility index (Phi) is 16.1. The topological polar surface area (TPSA) is 26.0 Å². The Balaban J connectivity index is 0. The molecule has 1 aliphatic carbocycles. The van der Waals surface area contributed by atoms with Crippen LogP contribution in [-0.4, -0.2) is 6.54 Å². The van der Waals surface area contributed by atoms with Crippen molar-refractivity contribution in [3.8, 4) is 12.3 Å². The normalized spacial score (nSPS) is 18.4. The van der Waals surface area contributed by atoms with E-state index in [-0.39, 0.29) is 7.43 Å². The molecule has 1 aliphatic rings. The first-order chi connectivity index (χ1) is 11.9. The molecule has 1 heteroatoms. The Morgan fingerprint density at radius 3 is 1.88 bits per heavy atom. The zero-order valence-corrected chi connectivity index (χ0v) is 17.4. The molecule has 1 aromatic rings. The van der Waals surface area contributed by atoms with Crippen molar-refractivity contribution < 1.29 is 0 Å². The summed E-state index contributed by atoms with van der Waals surface area (Å²) in [5.41, 5.74) is 11.1. The first-order valence-electron chi connectivity index (χ1n) is 9.80. The van der Waals surface area contributed by atoms with Gasteiger partial charge in [0, 0.05) is 13.0 Å². The molecule has 0 fully saturated rings. The number of rotatable bonds is 3. The summed E-state index contributed by atoms with van der Waals surface area (Å²) in [7, 11) is 0. The van der Waals surface area contributed by atoms with Crippen molar-refractivity contribution in [3.63, 3.8) is 0 Å². The summed E-state index contributed by atoms with van der Waals surface area (Å²) in [6.07, 6.45) is 10.6. The van der Waals surface area contributed by atoms with Gasteiger partial charge in [-0.1, -0.05) is 82.0 Å². The molecule has 0 saturated heterocycles. The molecule has 2 rings (SSSR count). The molecule has 1 nitrogen and oxygen atoms in total. The van der Waals surface area contributed by atoms with Gasteiger partial charge in [0.25, 0.3) is 0 Å². The molecule has 26 heavy (non-hydrogen) atoms. The Bertz CT molecular complexity index is 530. The standard InChI is InChI=1S/C17H24.C4H7N.C3H8.CH4/c1-5-15-10-13(3)14(4)11-17(15)16-8-6-12(2)7-9-16;1-2-3-4-5;1-3-2;/h6-9,15,17H,5,10-11H2,1-4H3;1H,3-5H2;3H2,1-2H3;1H4/t15-,17-;;;/m0.../s1. The van der Waals surface area contributed by atoms with E-state index in [0.717, 1.165) is 11.8 Å². The first-order valence-corrected chi connectivity index (χ1v) is 9.80. The van der Waals surface area contributed by atoms with Gasteiger partial charge in [0.15, 0.2) is 0 Å². The molecule has 2 atom stereocenters. The second-order valence-corrected chi connectivity index (χ2v) is 7.10. The van der Waals surface area contributed by atoms with E-state index in [1.54, 1.807) is 11.1 Å². The fourth-order valence-electron chi connectivity index (χ4n) is 3.10. The van der Waals surface area contributed by atoms with Crippen LogP contribution < -0.4 is 5.73 Å². The summed E-state index contributed by atoms with van der Waals surface area (Å²) in [6.45, 7) is 14.0. The van der Waals surface area contributed by atoms with E-state index >= 15 is 0 Å². The summed E-state index contributed by atoms with van der Waals surface area (Å²) in [6, 6.07) is 9.16. The molecule has 0 amide bonds. The quantitative estimate of drug-likeness (QED) is 0.447. The van der Waals surface area contributed by atoms with Gasteiger partial charge in [0.05, 0.1) is 0 Å². The lowest BCUT2D eigenvalue weighted by molar-refractivity contribution is 0.380. The smallest absolute Gasteiger partial charge is 0.0209 e. The third-order valence-electron chi connectivity index (χ3n) is 4.71. The molecule has 0 bridgehead atoms. The average molecular weight is 358 g/mol. The Morgan fingerprint density at radius 1 is 1.00 bits per heavy atom. The van der Waals surface area contributed by atoms with E-state index in [2.05, 4.69) is 71.7 Å². The van der Waals surface area contributed by atoms with Crippen molar-refractivity contribution in [1.82, 2.24) is 0 Å². The maximum absolute atomic E-state index is 5.00. The number of hydrogen-bond acceptors (Lipinski definition) is 1. The molecule has 0 aromatic heterocycles. The van der Waals surface area contributed by atoms with E-state index in [4.69, 9.17) is 12.2 Å². The summed E-state index contributed by atoms with van der Waals surface area (Å²) in [5, 5.41) is 0. The fraction of sp³-hybridized carbons (Fsp3) is 0.600. The number of terminal acetylenes is 1. The van der Waals surface area contributed by atoms with Crippen LogP contribution in [0.2, 0.25) is 0 Å². The highest BCUT2D eigenvalue weighted by atomic mass is 14.5. The van der Waals surface area contributed by atoms with Crippen LogP contribution in [0.3, 0.4) is 0 Å². The van der Waals surface area contributed by atoms with Crippen LogP contribution in [0.4, 0.5) is 0 Å². The minimum absolute atomic E-state index is 0. The Hall–Kier alpha value is -1.52. The van der Waals surface area contributed by atoms with Gasteiger partial charge in [0.1, 0.15) is 0 Å². The molecule has 0 unspecified atom stereocenters. The summed E-state index contributed by atoms with van der Waals surface area (Å²) < 4.78 is 0. The van der Waals surface area contributed by atoms with Crippen molar-refractivity contribution in [2.24, 2.45) is 11.7 Å². The van der Waals surface area contributed by atoms with Gasteiger partial charge in [0.2, 0.25) is 0 Å². The molecular weight excluding hydrogens is 314 g/mol. The summed E-state index contributed by atoms with van der Waals surface area (Å²) in [5.74, 6) is 3.97. The lowest BCUT2D eigenvalue weighted by atomic mass is 9.72. The van der Waals surface area contributed by atoms with E-state index in [1.807, 2.05) is 0 Å². The van der Waals surface area contributed by atoms with Crippen molar-refractivity contribution in [2.45, 2.75) is 87.0 Å². The molecule has 148 valence electrons. The van der Waals surface area contributed by atoms with E-state index in [0.29, 0.717) is 13.0 Å². The van der Waals surface area contributed by atoms with Crippen molar-refractivity contribution >= 4 is 0 Å². The largest absolute Gasteiger partial charge is 0.330 e. The minimum atomic E-state index is 0. The highest BCUT2D eigenvalue weighted by molar-refractivity contribution is 5.29. The van der Waals surface area contributed by atoms with Gasteiger partial charge in [-0.3, -0.25) is 0 Å². The predicted octanol–water partition coefficient (Wildman–Crippen LogP) is 7.26. The van der Waals surface area contributed by atoms with Gasteiger partial charge < -0.3 is 5.73 Å². The van der Waals surface area contributed by atoms with E-state index < -0.39 is 0 Å². The molecular formula is C25H43N. The average Bonchev–Trinajstić information content (AvgIpc) is 2.60. The maximum atomic E-state index is 5.00. The molecule has 0 heterocycles. The van der Waals surface area contributed by atoms with Crippen LogP contribution in [0.1, 0.15) is 91.2 Å². The highest BCUT2D eigenvalue weighted by Crippen LogP contribution is 2.41.